The molecule has 3 aliphatic rings. The van der Waals surface area contributed by atoms with Gasteiger partial charge in [-0.2, -0.15) is 0 Å². The summed E-state index contributed by atoms with van der Waals surface area (Å²) in [6, 6.07) is 8.90. The topological polar surface area (TPSA) is 58.1 Å². The number of fused-ring (bicyclic) bond motifs is 1. The third-order valence-corrected chi connectivity index (χ3v) is 5.77. The summed E-state index contributed by atoms with van der Waals surface area (Å²) in [5.41, 5.74) is 1.16. The molecule has 0 bridgehead atoms. The molecule has 4 rings (SSSR count). The summed E-state index contributed by atoms with van der Waals surface area (Å²) in [7, 11) is 1.81. The fourth-order valence-corrected chi connectivity index (χ4v) is 3.90. The highest BCUT2D eigenvalue weighted by atomic mass is 127. The summed E-state index contributed by atoms with van der Waals surface area (Å²) in [4.78, 5) is 6.92. The van der Waals surface area contributed by atoms with Gasteiger partial charge in [-0.05, 0) is 44.2 Å². The Kier molecular flexibility index (Phi) is 8.23. The zero-order valence-corrected chi connectivity index (χ0v) is 19.1. The summed E-state index contributed by atoms with van der Waals surface area (Å²) < 4.78 is 12.0. The lowest BCUT2D eigenvalue weighted by Gasteiger charge is -2.35. The molecule has 3 fully saturated rings. The van der Waals surface area contributed by atoms with E-state index in [1.807, 2.05) is 13.1 Å². The Morgan fingerprint density at radius 3 is 2.93 bits per heavy atom. The highest BCUT2D eigenvalue weighted by Crippen LogP contribution is 2.30. The number of halogens is 1. The fourth-order valence-electron chi connectivity index (χ4n) is 3.90. The average Bonchev–Trinajstić information content (AvgIpc) is 3.42. The second kappa shape index (κ2) is 10.6. The van der Waals surface area contributed by atoms with E-state index in [-0.39, 0.29) is 30.1 Å². The summed E-state index contributed by atoms with van der Waals surface area (Å²) in [5, 5.41) is 6.82. The van der Waals surface area contributed by atoms with Crippen molar-refractivity contribution in [2.75, 3.05) is 39.9 Å². The number of aliphatic imine (C=N–C) groups is 1. The molecule has 2 saturated heterocycles. The van der Waals surface area contributed by atoms with Crippen molar-refractivity contribution in [2.24, 2.45) is 10.9 Å². The molecule has 2 N–H and O–H groups in total. The Morgan fingerprint density at radius 2 is 2.11 bits per heavy atom. The molecular formula is C21H33IN4O2. The van der Waals surface area contributed by atoms with Crippen LogP contribution in [0, 0.1) is 5.92 Å². The van der Waals surface area contributed by atoms with Crippen molar-refractivity contribution in [2.45, 2.75) is 44.4 Å². The zero-order valence-electron chi connectivity index (χ0n) is 16.7. The van der Waals surface area contributed by atoms with Crippen LogP contribution in [0.1, 0.15) is 31.2 Å². The zero-order chi connectivity index (χ0) is 18.5. The predicted octanol–water partition coefficient (Wildman–Crippen LogP) is 2.62. The minimum Gasteiger partial charge on any atom is -0.493 e. The van der Waals surface area contributed by atoms with Crippen molar-refractivity contribution in [3.05, 3.63) is 29.8 Å². The molecule has 2 atom stereocenters. The molecule has 2 aliphatic heterocycles. The molecule has 1 aliphatic carbocycles. The normalized spacial score (nSPS) is 25.0. The Hall–Kier alpha value is -1.06. The first-order valence-electron chi connectivity index (χ1n) is 10.3. The maximum Gasteiger partial charge on any atom is 0.191 e. The third kappa shape index (κ3) is 5.97. The Balaban J connectivity index is 0.00000225. The van der Waals surface area contributed by atoms with Crippen LogP contribution in [0.3, 0.4) is 0 Å². The molecule has 0 spiro atoms. The summed E-state index contributed by atoms with van der Waals surface area (Å²) in [6.07, 6.45) is 5.43. The van der Waals surface area contributed by atoms with Gasteiger partial charge in [-0.25, -0.2) is 0 Å². The number of guanidine groups is 1. The van der Waals surface area contributed by atoms with E-state index in [1.165, 1.54) is 32.2 Å². The van der Waals surface area contributed by atoms with E-state index in [1.54, 1.807) is 0 Å². The average molecular weight is 500 g/mol. The summed E-state index contributed by atoms with van der Waals surface area (Å²) in [6.45, 7) is 5.41. The second-order valence-electron chi connectivity index (χ2n) is 7.92. The Morgan fingerprint density at radius 1 is 1.25 bits per heavy atom. The molecule has 2 heterocycles. The second-order valence-corrected chi connectivity index (χ2v) is 7.92. The Labute approximate surface area is 185 Å². The van der Waals surface area contributed by atoms with Gasteiger partial charge in [-0.15, -0.1) is 24.0 Å². The monoisotopic (exact) mass is 500 g/mol. The van der Waals surface area contributed by atoms with Gasteiger partial charge in [0.05, 0.1) is 19.3 Å². The highest BCUT2D eigenvalue weighted by Gasteiger charge is 2.32. The number of morpholine rings is 1. The van der Waals surface area contributed by atoms with Crippen LogP contribution in [0.15, 0.2) is 29.3 Å². The fraction of sp³-hybridized carbons (Fsp3) is 0.667. The van der Waals surface area contributed by atoms with Crippen LogP contribution in [0.25, 0.3) is 0 Å². The molecule has 1 aromatic carbocycles. The first-order chi connectivity index (χ1) is 13.3. The predicted molar refractivity (Wildman–Crippen MR) is 123 cm³/mol. The lowest BCUT2D eigenvalue weighted by atomic mass is 10.2. The maximum absolute atomic E-state index is 6.02. The van der Waals surface area contributed by atoms with E-state index in [9.17, 15) is 0 Å². The number of para-hydroxylation sites is 1. The molecule has 1 saturated carbocycles. The van der Waals surface area contributed by atoms with Crippen molar-refractivity contribution >= 4 is 29.9 Å². The van der Waals surface area contributed by atoms with Gasteiger partial charge in [0.25, 0.3) is 0 Å². The van der Waals surface area contributed by atoms with Crippen LogP contribution in [-0.4, -0.2) is 62.9 Å². The van der Waals surface area contributed by atoms with E-state index >= 15 is 0 Å². The minimum atomic E-state index is 0. The number of rotatable bonds is 7. The quantitative estimate of drug-likeness (QED) is 0.343. The van der Waals surface area contributed by atoms with E-state index in [2.05, 4.69) is 38.7 Å². The van der Waals surface area contributed by atoms with Crippen LogP contribution in [0.4, 0.5) is 0 Å². The van der Waals surface area contributed by atoms with Gasteiger partial charge in [0, 0.05) is 38.3 Å². The first-order valence-corrected chi connectivity index (χ1v) is 10.3. The molecule has 28 heavy (non-hydrogen) atoms. The standard InChI is InChI=1S/C21H32N4O2.HI/c1-22-21(24-12-19-13-25-10-4-6-18(25)15-26-19)23-11-17-5-2-3-7-20(17)27-14-16-8-9-16;/h2-3,5,7,16,18-19H,4,6,8-15H2,1H3,(H2,22,23,24);1H. The van der Waals surface area contributed by atoms with Crippen molar-refractivity contribution in [1.29, 1.82) is 0 Å². The van der Waals surface area contributed by atoms with Gasteiger partial charge in [0.15, 0.2) is 5.96 Å². The molecule has 0 aromatic heterocycles. The number of nitrogens with one attached hydrogen (secondary N) is 2. The van der Waals surface area contributed by atoms with Gasteiger partial charge in [-0.3, -0.25) is 9.89 Å². The molecule has 6 nitrogen and oxygen atoms in total. The van der Waals surface area contributed by atoms with Gasteiger partial charge in [0.1, 0.15) is 5.75 Å². The van der Waals surface area contributed by atoms with Crippen molar-refractivity contribution in [3.63, 3.8) is 0 Å². The molecule has 2 unspecified atom stereocenters. The van der Waals surface area contributed by atoms with Gasteiger partial charge in [0.2, 0.25) is 0 Å². The van der Waals surface area contributed by atoms with E-state index in [4.69, 9.17) is 9.47 Å². The largest absolute Gasteiger partial charge is 0.493 e. The van der Waals surface area contributed by atoms with Crippen molar-refractivity contribution in [1.82, 2.24) is 15.5 Å². The summed E-state index contributed by atoms with van der Waals surface area (Å²) in [5.74, 6) is 2.54. The van der Waals surface area contributed by atoms with Crippen LogP contribution in [0.2, 0.25) is 0 Å². The first kappa shape index (κ1) is 21.6. The van der Waals surface area contributed by atoms with Crippen LogP contribution in [-0.2, 0) is 11.3 Å². The maximum atomic E-state index is 6.02. The van der Waals surface area contributed by atoms with Gasteiger partial charge < -0.3 is 20.1 Å². The lowest BCUT2D eigenvalue weighted by Crippen LogP contribution is -2.51. The van der Waals surface area contributed by atoms with Gasteiger partial charge in [-0.1, -0.05) is 18.2 Å². The number of hydrogen-bond donors (Lipinski definition) is 2. The molecule has 156 valence electrons. The van der Waals surface area contributed by atoms with Crippen LogP contribution in [0.5, 0.6) is 5.75 Å². The number of hydrogen-bond acceptors (Lipinski definition) is 4. The molecule has 7 heteroatoms. The van der Waals surface area contributed by atoms with Gasteiger partial charge >= 0.3 is 0 Å². The van der Waals surface area contributed by atoms with E-state index < -0.39 is 0 Å². The minimum absolute atomic E-state index is 0. The van der Waals surface area contributed by atoms with Crippen molar-refractivity contribution in [3.8, 4) is 5.75 Å². The van der Waals surface area contributed by atoms with Crippen molar-refractivity contribution < 1.29 is 9.47 Å². The van der Waals surface area contributed by atoms with E-state index in [0.717, 1.165) is 49.5 Å². The third-order valence-electron chi connectivity index (χ3n) is 5.77. The number of benzene rings is 1. The summed E-state index contributed by atoms with van der Waals surface area (Å²) >= 11 is 0. The van der Waals surface area contributed by atoms with Crippen LogP contribution >= 0.6 is 24.0 Å². The highest BCUT2D eigenvalue weighted by molar-refractivity contribution is 14.0. The smallest absolute Gasteiger partial charge is 0.191 e. The molecule has 0 radical (unpaired) electrons. The van der Waals surface area contributed by atoms with Crippen LogP contribution < -0.4 is 15.4 Å². The number of ether oxygens (including phenoxy) is 2. The SMILES string of the molecule is CN=C(NCc1ccccc1OCC1CC1)NCC1CN2CCCC2CO1.I. The lowest BCUT2D eigenvalue weighted by molar-refractivity contribution is -0.0453. The molecular weight excluding hydrogens is 467 g/mol. The number of nitrogens with zero attached hydrogens (tertiary/aromatic N) is 2. The molecule has 0 amide bonds. The van der Waals surface area contributed by atoms with E-state index in [0.29, 0.717) is 12.6 Å². The molecule has 1 aromatic rings. The Bertz CT molecular complexity index is 653.